The molecule has 0 amide bonds. The van der Waals surface area contributed by atoms with Crippen LogP contribution >= 0.6 is 27.5 Å². The van der Waals surface area contributed by atoms with Crippen LogP contribution in [0.25, 0.3) is 0 Å². The third-order valence-corrected chi connectivity index (χ3v) is 2.89. The summed E-state index contributed by atoms with van der Waals surface area (Å²) in [7, 11) is 0. The van der Waals surface area contributed by atoms with Gasteiger partial charge in [0.15, 0.2) is 0 Å². The first kappa shape index (κ1) is 11.5. The average molecular weight is 278 g/mol. The van der Waals surface area contributed by atoms with Gasteiger partial charge in [0.1, 0.15) is 0 Å². The third-order valence-electron chi connectivity index (χ3n) is 1.88. The Kier molecular flexibility index (Phi) is 4.42. The Balaban J connectivity index is 2.84. The van der Waals surface area contributed by atoms with Gasteiger partial charge in [0.2, 0.25) is 0 Å². The van der Waals surface area contributed by atoms with Crippen molar-refractivity contribution in [2.45, 2.75) is 12.8 Å². The lowest BCUT2D eigenvalue weighted by Crippen LogP contribution is -1.97. The summed E-state index contributed by atoms with van der Waals surface area (Å²) in [6.07, 6.45) is 1.76. The Labute approximate surface area is 96.0 Å². The third kappa shape index (κ3) is 3.00. The van der Waals surface area contributed by atoms with Crippen LogP contribution in [0.15, 0.2) is 22.7 Å². The fraction of sp³-hybridized carbons (Fsp3) is 0.300. The van der Waals surface area contributed by atoms with E-state index in [4.69, 9.17) is 16.7 Å². The number of carboxylic acid groups (broad SMARTS) is 1. The van der Waals surface area contributed by atoms with Crippen molar-refractivity contribution in [2.24, 2.45) is 0 Å². The van der Waals surface area contributed by atoms with Gasteiger partial charge in [-0.15, -0.1) is 11.6 Å². The number of halogens is 2. The minimum Gasteiger partial charge on any atom is -0.478 e. The molecule has 0 unspecified atom stereocenters. The second-order valence-corrected chi connectivity index (χ2v) is 4.14. The van der Waals surface area contributed by atoms with Crippen molar-refractivity contribution in [1.29, 1.82) is 0 Å². The number of carbonyl (C=O) groups is 1. The van der Waals surface area contributed by atoms with E-state index in [1.807, 2.05) is 6.07 Å². The summed E-state index contributed by atoms with van der Waals surface area (Å²) < 4.78 is 0.836. The van der Waals surface area contributed by atoms with Crippen molar-refractivity contribution in [3.63, 3.8) is 0 Å². The van der Waals surface area contributed by atoms with E-state index in [1.165, 1.54) is 0 Å². The molecule has 2 nitrogen and oxygen atoms in total. The summed E-state index contributed by atoms with van der Waals surface area (Å²) in [5, 5.41) is 8.73. The number of alkyl halides is 1. The maximum absolute atomic E-state index is 10.6. The van der Waals surface area contributed by atoms with Crippen LogP contribution in [0.4, 0.5) is 0 Å². The van der Waals surface area contributed by atoms with Gasteiger partial charge in [-0.1, -0.05) is 22.0 Å². The molecule has 1 aromatic carbocycles. The number of hydrogen-bond donors (Lipinski definition) is 1. The van der Waals surface area contributed by atoms with Crippen molar-refractivity contribution < 1.29 is 9.90 Å². The molecule has 0 aliphatic heterocycles. The quantitative estimate of drug-likeness (QED) is 0.857. The highest BCUT2D eigenvalue weighted by molar-refractivity contribution is 9.10. The Hall–Kier alpha value is -0.540. The van der Waals surface area contributed by atoms with E-state index in [1.54, 1.807) is 12.1 Å². The first-order chi connectivity index (χ1) is 6.65. The molecule has 1 rings (SSSR count). The second kappa shape index (κ2) is 5.37. The van der Waals surface area contributed by atoms with Crippen LogP contribution in [0.2, 0.25) is 0 Å². The average Bonchev–Trinajstić information content (AvgIpc) is 2.15. The molecule has 1 aromatic rings. The van der Waals surface area contributed by atoms with Crippen LogP contribution in [0.3, 0.4) is 0 Å². The molecule has 0 fully saturated rings. The predicted octanol–water partition coefficient (Wildman–Crippen LogP) is 3.32. The van der Waals surface area contributed by atoms with Gasteiger partial charge in [0, 0.05) is 10.4 Å². The smallest absolute Gasteiger partial charge is 0.335 e. The maximum Gasteiger partial charge on any atom is 0.335 e. The number of carboxylic acids is 1. The molecular formula is C10H10BrClO2. The van der Waals surface area contributed by atoms with Gasteiger partial charge in [-0.3, -0.25) is 0 Å². The molecule has 76 valence electrons. The number of rotatable bonds is 4. The fourth-order valence-electron chi connectivity index (χ4n) is 1.14. The first-order valence-corrected chi connectivity index (χ1v) is 5.55. The summed E-state index contributed by atoms with van der Waals surface area (Å²) in [4.78, 5) is 10.6. The lowest BCUT2D eigenvalue weighted by atomic mass is 10.1. The molecule has 0 aliphatic carbocycles. The number of benzene rings is 1. The van der Waals surface area contributed by atoms with Gasteiger partial charge < -0.3 is 5.11 Å². The summed E-state index contributed by atoms with van der Waals surface area (Å²) in [6, 6.07) is 5.04. The van der Waals surface area contributed by atoms with E-state index in [-0.39, 0.29) is 0 Å². The molecule has 0 saturated heterocycles. The molecule has 0 radical (unpaired) electrons. The number of aromatic carboxylic acids is 1. The van der Waals surface area contributed by atoms with Crippen molar-refractivity contribution in [3.05, 3.63) is 33.8 Å². The van der Waals surface area contributed by atoms with Crippen LogP contribution in [0, 0.1) is 0 Å². The second-order valence-electron chi connectivity index (χ2n) is 2.90. The number of aryl methyl sites for hydroxylation is 1. The van der Waals surface area contributed by atoms with Gasteiger partial charge in [-0.05, 0) is 30.5 Å². The number of hydrogen-bond acceptors (Lipinski definition) is 1. The van der Waals surface area contributed by atoms with E-state index in [0.29, 0.717) is 11.4 Å². The predicted molar refractivity (Wildman–Crippen MR) is 60.1 cm³/mol. The summed E-state index contributed by atoms with van der Waals surface area (Å²) in [6.45, 7) is 0. The summed E-state index contributed by atoms with van der Waals surface area (Å²) in [5.41, 5.74) is 1.39. The van der Waals surface area contributed by atoms with Gasteiger partial charge in [-0.2, -0.15) is 0 Å². The van der Waals surface area contributed by atoms with E-state index in [9.17, 15) is 4.79 Å². The lowest BCUT2D eigenvalue weighted by molar-refractivity contribution is 0.0697. The van der Waals surface area contributed by atoms with Crippen LogP contribution in [-0.4, -0.2) is 17.0 Å². The molecule has 0 heterocycles. The zero-order valence-corrected chi connectivity index (χ0v) is 9.81. The largest absolute Gasteiger partial charge is 0.478 e. The fourth-order valence-corrected chi connectivity index (χ4v) is 1.85. The lowest BCUT2D eigenvalue weighted by Gasteiger charge is -2.03. The molecule has 1 N–H and O–H groups in total. The standard InChI is InChI=1S/C10H10BrClO2/c11-9-6-8(10(13)14)4-3-7(9)2-1-5-12/h3-4,6H,1-2,5H2,(H,13,14). The summed E-state index contributed by atoms with van der Waals surface area (Å²) in [5.74, 6) is -0.290. The van der Waals surface area contributed by atoms with Crippen LogP contribution in [0.1, 0.15) is 22.3 Å². The zero-order valence-electron chi connectivity index (χ0n) is 7.46. The topological polar surface area (TPSA) is 37.3 Å². The molecule has 0 saturated carbocycles. The molecule has 0 aliphatic rings. The van der Waals surface area contributed by atoms with E-state index < -0.39 is 5.97 Å². The van der Waals surface area contributed by atoms with Crippen molar-refractivity contribution in [3.8, 4) is 0 Å². The highest BCUT2D eigenvalue weighted by atomic mass is 79.9. The molecule has 0 spiro atoms. The first-order valence-electron chi connectivity index (χ1n) is 4.23. The highest BCUT2D eigenvalue weighted by Gasteiger charge is 2.05. The van der Waals surface area contributed by atoms with Crippen LogP contribution < -0.4 is 0 Å². The Bertz CT molecular complexity index is 339. The Morgan fingerprint density at radius 2 is 2.21 bits per heavy atom. The van der Waals surface area contributed by atoms with E-state index >= 15 is 0 Å². The van der Waals surface area contributed by atoms with Gasteiger partial charge >= 0.3 is 5.97 Å². The molecule has 14 heavy (non-hydrogen) atoms. The Morgan fingerprint density at radius 1 is 1.50 bits per heavy atom. The van der Waals surface area contributed by atoms with Crippen molar-refractivity contribution in [2.75, 3.05) is 5.88 Å². The molecular weight excluding hydrogens is 267 g/mol. The molecule has 0 bridgehead atoms. The Morgan fingerprint density at radius 3 is 2.71 bits per heavy atom. The van der Waals surface area contributed by atoms with Gasteiger partial charge in [-0.25, -0.2) is 4.79 Å². The highest BCUT2D eigenvalue weighted by Crippen LogP contribution is 2.20. The van der Waals surface area contributed by atoms with E-state index in [2.05, 4.69) is 15.9 Å². The normalized spacial score (nSPS) is 10.1. The molecule has 0 atom stereocenters. The van der Waals surface area contributed by atoms with Crippen LogP contribution in [0.5, 0.6) is 0 Å². The monoisotopic (exact) mass is 276 g/mol. The molecule has 0 aromatic heterocycles. The van der Waals surface area contributed by atoms with Crippen molar-refractivity contribution >= 4 is 33.5 Å². The minimum atomic E-state index is -0.908. The SMILES string of the molecule is O=C(O)c1ccc(CCCCl)c(Br)c1. The zero-order chi connectivity index (χ0) is 10.6. The molecule has 4 heteroatoms. The minimum absolute atomic E-state index is 0.298. The van der Waals surface area contributed by atoms with Gasteiger partial charge in [0.05, 0.1) is 5.56 Å². The van der Waals surface area contributed by atoms with Crippen LogP contribution in [-0.2, 0) is 6.42 Å². The maximum atomic E-state index is 10.6. The summed E-state index contributed by atoms with van der Waals surface area (Å²) >= 11 is 8.92. The van der Waals surface area contributed by atoms with Crippen molar-refractivity contribution in [1.82, 2.24) is 0 Å². The van der Waals surface area contributed by atoms with Gasteiger partial charge in [0.25, 0.3) is 0 Å². The van der Waals surface area contributed by atoms with E-state index in [0.717, 1.165) is 22.9 Å².